The number of carbonyl (C=O) groups is 1. The molecule has 2 rings (SSSR count). The number of nitrogens with one attached hydrogen (secondary N) is 1. The molecule has 0 radical (unpaired) electrons. The largest absolute Gasteiger partial charge is 0.484 e. The second kappa shape index (κ2) is 7.29. The first kappa shape index (κ1) is 14.9. The van der Waals surface area contributed by atoms with Crippen LogP contribution in [-0.4, -0.2) is 44.1 Å². The Hall–Kier alpha value is -1.55. The lowest BCUT2D eigenvalue weighted by atomic mass is 9.97. The van der Waals surface area contributed by atoms with Crippen molar-refractivity contribution in [2.24, 2.45) is 5.92 Å². The summed E-state index contributed by atoms with van der Waals surface area (Å²) in [6, 6.07) is 7.80. The lowest BCUT2D eigenvalue weighted by Gasteiger charge is -2.31. The smallest absolute Gasteiger partial charge is 0.260 e. The van der Waals surface area contributed by atoms with Crippen LogP contribution < -0.4 is 10.1 Å². The molecular weight excluding hydrogens is 252 g/mol. The molecule has 1 aliphatic rings. The third-order valence-electron chi connectivity index (χ3n) is 3.81. The first-order chi connectivity index (χ1) is 9.69. The molecule has 0 bridgehead atoms. The van der Waals surface area contributed by atoms with Gasteiger partial charge in [0.2, 0.25) is 0 Å². The highest BCUT2D eigenvalue weighted by Gasteiger charge is 2.22. The fraction of sp³-hybridized carbons (Fsp3) is 0.562. The summed E-state index contributed by atoms with van der Waals surface area (Å²) in [4.78, 5) is 14.0. The zero-order valence-electron chi connectivity index (χ0n) is 12.4. The van der Waals surface area contributed by atoms with Gasteiger partial charge in [-0.25, -0.2) is 0 Å². The van der Waals surface area contributed by atoms with Crippen molar-refractivity contribution < 1.29 is 9.53 Å². The molecule has 0 aliphatic carbocycles. The highest BCUT2D eigenvalue weighted by molar-refractivity contribution is 5.77. The van der Waals surface area contributed by atoms with Crippen molar-refractivity contribution >= 4 is 5.91 Å². The zero-order chi connectivity index (χ0) is 14.4. The van der Waals surface area contributed by atoms with Crippen LogP contribution in [0, 0.1) is 12.8 Å². The van der Waals surface area contributed by atoms with Gasteiger partial charge >= 0.3 is 0 Å². The van der Waals surface area contributed by atoms with E-state index in [0.717, 1.165) is 43.8 Å². The maximum Gasteiger partial charge on any atom is 0.260 e. The second-order valence-electron chi connectivity index (χ2n) is 5.49. The molecule has 1 aromatic carbocycles. The Morgan fingerprint density at radius 2 is 2.15 bits per heavy atom. The summed E-state index contributed by atoms with van der Waals surface area (Å²) in [5.74, 6) is 1.56. The molecule has 0 atom stereocenters. The van der Waals surface area contributed by atoms with Crippen LogP contribution in [0.5, 0.6) is 5.75 Å². The van der Waals surface area contributed by atoms with Gasteiger partial charge in [-0.2, -0.15) is 0 Å². The van der Waals surface area contributed by atoms with Gasteiger partial charge in [-0.1, -0.05) is 12.1 Å². The molecule has 1 N–H and O–H groups in total. The van der Waals surface area contributed by atoms with Gasteiger partial charge in [0.15, 0.2) is 6.61 Å². The van der Waals surface area contributed by atoms with Crippen LogP contribution in [0.15, 0.2) is 24.3 Å². The number of aryl methyl sites for hydroxylation is 1. The lowest BCUT2D eigenvalue weighted by molar-refractivity contribution is -0.134. The fourth-order valence-corrected chi connectivity index (χ4v) is 2.62. The SMILES string of the molecule is CNCC1CCN(C(=O)COc2cccc(C)c2)CC1. The Bertz CT molecular complexity index is 440. The van der Waals surface area contributed by atoms with Crippen LogP contribution in [-0.2, 0) is 4.79 Å². The molecular formula is C16H24N2O2. The minimum atomic E-state index is 0.0920. The molecule has 1 fully saturated rings. The first-order valence-electron chi connectivity index (χ1n) is 7.31. The molecule has 1 heterocycles. The van der Waals surface area contributed by atoms with Crippen molar-refractivity contribution in [3.05, 3.63) is 29.8 Å². The van der Waals surface area contributed by atoms with Crippen LogP contribution in [0.1, 0.15) is 18.4 Å². The Morgan fingerprint density at radius 3 is 2.80 bits per heavy atom. The molecule has 4 nitrogen and oxygen atoms in total. The molecule has 0 saturated carbocycles. The van der Waals surface area contributed by atoms with Gasteiger partial charge in [-0.05, 0) is 57.0 Å². The number of nitrogens with zero attached hydrogens (tertiary/aromatic N) is 1. The predicted octanol–water partition coefficient (Wildman–Crippen LogP) is 1.83. The van der Waals surface area contributed by atoms with Crippen LogP contribution in [0.2, 0.25) is 0 Å². The molecule has 1 aliphatic heterocycles. The average molecular weight is 276 g/mol. The van der Waals surface area contributed by atoms with Crippen molar-refractivity contribution in [2.75, 3.05) is 33.3 Å². The zero-order valence-corrected chi connectivity index (χ0v) is 12.4. The summed E-state index contributed by atoms with van der Waals surface area (Å²) in [6.45, 7) is 4.90. The molecule has 1 aromatic rings. The summed E-state index contributed by atoms with van der Waals surface area (Å²) in [5.41, 5.74) is 1.14. The van der Waals surface area contributed by atoms with E-state index in [1.807, 2.05) is 43.1 Å². The average Bonchev–Trinajstić information content (AvgIpc) is 2.46. The van der Waals surface area contributed by atoms with Crippen LogP contribution >= 0.6 is 0 Å². The van der Waals surface area contributed by atoms with Crippen LogP contribution in [0.3, 0.4) is 0 Å². The van der Waals surface area contributed by atoms with Crippen molar-refractivity contribution in [3.63, 3.8) is 0 Å². The van der Waals surface area contributed by atoms with E-state index in [1.165, 1.54) is 0 Å². The maximum absolute atomic E-state index is 12.1. The first-order valence-corrected chi connectivity index (χ1v) is 7.31. The third kappa shape index (κ3) is 4.23. The fourth-order valence-electron chi connectivity index (χ4n) is 2.62. The number of piperidine rings is 1. The number of ether oxygens (including phenoxy) is 1. The number of likely N-dealkylation sites (tertiary alicyclic amines) is 1. The van der Waals surface area contributed by atoms with E-state index in [1.54, 1.807) is 0 Å². The summed E-state index contributed by atoms with van der Waals surface area (Å²) in [7, 11) is 1.98. The highest BCUT2D eigenvalue weighted by atomic mass is 16.5. The standard InChI is InChI=1S/C16H24N2O2/c1-13-4-3-5-15(10-13)20-12-16(19)18-8-6-14(7-9-18)11-17-2/h3-5,10,14,17H,6-9,11-12H2,1-2H3. The van der Waals surface area contributed by atoms with Gasteiger partial charge in [0, 0.05) is 13.1 Å². The minimum Gasteiger partial charge on any atom is -0.484 e. The number of benzene rings is 1. The summed E-state index contributed by atoms with van der Waals surface area (Å²) < 4.78 is 5.57. The summed E-state index contributed by atoms with van der Waals surface area (Å²) in [6.07, 6.45) is 2.16. The lowest BCUT2D eigenvalue weighted by Crippen LogP contribution is -2.42. The van der Waals surface area contributed by atoms with E-state index >= 15 is 0 Å². The van der Waals surface area contributed by atoms with E-state index in [0.29, 0.717) is 5.92 Å². The third-order valence-corrected chi connectivity index (χ3v) is 3.81. The number of carbonyl (C=O) groups excluding carboxylic acids is 1. The topological polar surface area (TPSA) is 41.6 Å². The van der Waals surface area contributed by atoms with E-state index in [2.05, 4.69) is 5.32 Å². The summed E-state index contributed by atoms with van der Waals surface area (Å²) in [5, 5.41) is 3.21. The second-order valence-corrected chi connectivity index (χ2v) is 5.49. The normalized spacial score (nSPS) is 16.2. The number of hydrogen-bond donors (Lipinski definition) is 1. The van der Waals surface area contributed by atoms with Gasteiger partial charge in [-0.3, -0.25) is 4.79 Å². The van der Waals surface area contributed by atoms with Gasteiger partial charge in [0.05, 0.1) is 0 Å². The van der Waals surface area contributed by atoms with Gasteiger partial charge < -0.3 is 15.0 Å². The maximum atomic E-state index is 12.1. The molecule has 110 valence electrons. The molecule has 1 amide bonds. The molecule has 0 aromatic heterocycles. The monoisotopic (exact) mass is 276 g/mol. The molecule has 4 heteroatoms. The van der Waals surface area contributed by atoms with Crippen LogP contribution in [0.4, 0.5) is 0 Å². The Balaban J connectivity index is 1.76. The number of rotatable bonds is 5. The Kier molecular flexibility index (Phi) is 5.41. The van der Waals surface area contributed by atoms with Crippen molar-refractivity contribution in [2.45, 2.75) is 19.8 Å². The highest BCUT2D eigenvalue weighted by Crippen LogP contribution is 2.17. The van der Waals surface area contributed by atoms with Crippen molar-refractivity contribution in [1.29, 1.82) is 0 Å². The van der Waals surface area contributed by atoms with Crippen molar-refractivity contribution in [3.8, 4) is 5.75 Å². The molecule has 20 heavy (non-hydrogen) atoms. The predicted molar refractivity (Wildman–Crippen MR) is 79.9 cm³/mol. The van der Waals surface area contributed by atoms with Gasteiger partial charge in [0.25, 0.3) is 5.91 Å². The molecule has 0 unspecified atom stereocenters. The minimum absolute atomic E-state index is 0.0920. The van der Waals surface area contributed by atoms with E-state index in [4.69, 9.17) is 4.74 Å². The molecule has 1 saturated heterocycles. The summed E-state index contributed by atoms with van der Waals surface area (Å²) >= 11 is 0. The molecule has 0 spiro atoms. The van der Waals surface area contributed by atoms with Gasteiger partial charge in [-0.15, -0.1) is 0 Å². The van der Waals surface area contributed by atoms with Gasteiger partial charge in [0.1, 0.15) is 5.75 Å². The Labute approximate surface area is 121 Å². The van der Waals surface area contributed by atoms with E-state index < -0.39 is 0 Å². The number of hydrogen-bond acceptors (Lipinski definition) is 3. The Morgan fingerprint density at radius 1 is 1.40 bits per heavy atom. The van der Waals surface area contributed by atoms with Crippen LogP contribution in [0.25, 0.3) is 0 Å². The van der Waals surface area contributed by atoms with E-state index in [-0.39, 0.29) is 12.5 Å². The van der Waals surface area contributed by atoms with E-state index in [9.17, 15) is 4.79 Å². The number of amides is 1. The van der Waals surface area contributed by atoms with Crippen molar-refractivity contribution in [1.82, 2.24) is 10.2 Å². The quantitative estimate of drug-likeness (QED) is 0.892.